The number of rotatable bonds is 5. The lowest BCUT2D eigenvalue weighted by molar-refractivity contribution is 0.473. The van der Waals surface area contributed by atoms with Gasteiger partial charge in [0.15, 0.2) is 0 Å². The fraction of sp³-hybridized carbons (Fsp3) is 0.400. The van der Waals surface area contributed by atoms with Crippen LogP contribution in [0.2, 0.25) is 0 Å². The van der Waals surface area contributed by atoms with Gasteiger partial charge in [-0.1, -0.05) is 18.2 Å². The molecule has 0 aliphatic carbocycles. The van der Waals surface area contributed by atoms with E-state index in [-0.39, 0.29) is 17.9 Å². The quantitative estimate of drug-likeness (QED) is 0.893. The van der Waals surface area contributed by atoms with Crippen molar-refractivity contribution in [3.8, 4) is 0 Å². The van der Waals surface area contributed by atoms with Gasteiger partial charge in [-0.05, 0) is 26.8 Å². The molecule has 19 heavy (non-hydrogen) atoms. The number of halogens is 1. The molecule has 1 aromatic carbocycles. The first-order chi connectivity index (χ1) is 9.11. The zero-order valence-electron chi connectivity index (χ0n) is 11.6. The summed E-state index contributed by atoms with van der Waals surface area (Å²) >= 11 is 0. The van der Waals surface area contributed by atoms with Crippen molar-refractivity contribution in [2.24, 2.45) is 0 Å². The normalized spacial score (nSPS) is 14.3. The van der Waals surface area contributed by atoms with E-state index in [1.165, 1.54) is 6.07 Å². The van der Waals surface area contributed by atoms with Gasteiger partial charge >= 0.3 is 0 Å². The first kappa shape index (κ1) is 13.7. The van der Waals surface area contributed by atoms with Crippen LogP contribution < -0.4 is 5.32 Å². The topological polar surface area (TPSA) is 29.9 Å². The molecule has 0 saturated carbocycles. The van der Waals surface area contributed by atoms with Crippen LogP contribution in [0.4, 0.5) is 4.39 Å². The van der Waals surface area contributed by atoms with Gasteiger partial charge in [-0.15, -0.1) is 0 Å². The summed E-state index contributed by atoms with van der Waals surface area (Å²) in [5.74, 6) is -0.168. The van der Waals surface area contributed by atoms with Crippen molar-refractivity contribution in [2.75, 3.05) is 0 Å². The number of aromatic nitrogens is 2. The molecule has 1 N–H and O–H groups in total. The Balaban J connectivity index is 2.06. The summed E-state index contributed by atoms with van der Waals surface area (Å²) in [6.45, 7) is 6.94. The van der Waals surface area contributed by atoms with Gasteiger partial charge in [-0.3, -0.25) is 4.68 Å². The summed E-state index contributed by atoms with van der Waals surface area (Å²) in [4.78, 5) is 0. The number of aryl methyl sites for hydroxylation is 1. The minimum Gasteiger partial charge on any atom is -0.303 e. The van der Waals surface area contributed by atoms with E-state index in [1.807, 2.05) is 36.1 Å². The second-order valence-electron chi connectivity index (χ2n) is 4.76. The average molecular weight is 261 g/mol. The van der Waals surface area contributed by atoms with Crippen molar-refractivity contribution in [3.05, 3.63) is 53.6 Å². The molecule has 0 fully saturated rings. The van der Waals surface area contributed by atoms with Crippen molar-refractivity contribution >= 4 is 0 Å². The van der Waals surface area contributed by atoms with Crippen LogP contribution in [0.1, 0.15) is 44.0 Å². The van der Waals surface area contributed by atoms with Gasteiger partial charge in [-0.2, -0.15) is 5.10 Å². The minimum atomic E-state index is -0.168. The van der Waals surface area contributed by atoms with Crippen molar-refractivity contribution in [3.63, 3.8) is 0 Å². The Labute approximate surface area is 113 Å². The molecule has 1 aromatic heterocycles. The third-order valence-corrected chi connectivity index (χ3v) is 3.35. The number of benzene rings is 1. The van der Waals surface area contributed by atoms with Gasteiger partial charge in [-0.25, -0.2) is 4.39 Å². The lowest BCUT2D eigenvalue weighted by Gasteiger charge is -2.19. The molecule has 3 nitrogen and oxygen atoms in total. The van der Waals surface area contributed by atoms with Crippen molar-refractivity contribution in [1.82, 2.24) is 15.1 Å². The molecule has 1 heterocycles. The number of nitrogens with zero attached hydrogens (tertiary/aromatic N) is 2. The minimum absolute atomic E-state index is 0.0406. The van der Waals surface area contributed by atoms with Crippen LogP contribution in [0.15, 0.2) is 36.7 Å². The molecular weight excluding hydrogens is 241 g/mol. The highest BCUT2D eigenvalue weighted by atomic mass is 19.1. The van der Waals surface area contributed by atoms with E-state index in [0.29, 0.717) is 5.56 Å². The zero-order valence-corrected chi connectivity index (χ0v) is 11.6. The standard InChI is InChI=1S/C15H20FN3/c1-4-19-10-13(9-17-19)11(2)18-12(3)14-7-5-6-8-15(14)16/h5-12,18H,4H2,1-3H3/t11?,12-/m1/s1. The number of hydrogen-bond acceptors (Lipinski definition) is 2. The molecule has 4 heteroatoms. The third kappa shape index (κ3) is 3.20. The van der Waals surface area contributed by atoms with Gasteiger partial charge < -0.3 is 5.32 Å². The van der Waals surface area contributed by atoms with Crippen LogP contribution >= 0.6 is 0 Å². The van der Waals surface area contributed by atoms with Crippen LogP contribution in [0.5, 0.6) is 0 Å². The van der Waals surface area contributed by atoms with E-state index in [0.717, 1.165) is 12.1 Å². The molecule has 0 amide bonds. The maximum Gasteiger partial charge on any atom is 0.127 e. The van der Waals surface area contributed by atoms with Crippen LogP contribution in [0.3, 0.4) is 0 Å². The molecule has 0 aliphatic rings. The van der Waals surface area contributed by atoms with E-state index in [1.54, 1.807) is 6.07 Å². The van der Waals surface area contributed by atoms with Gasteiger partial charge in [0.05, 0.1) is 6.20 Å². The predicted molar refractivity (Wildman–Crippen MR) is 74.3 cm³/mol. The monoisotopic (exact) mass is 261 g/mol. The largest absolute Gasteiger partial charge is 0.303 e. The Morgan fingerprint density at radius 3 is 2.63 bits per heavy atom. The summed E-state index contributed by atoms with van der Waals surface area (Å²) in [7, 11) is 0. The average Bonchev–Trinajstić information content (AvgIpc) is 2.88. The van der Waals surface area contributed by atoms with E-state index in [2.05, 4.69) is 24.3 Å². The fourth-order valence-corrected chi connectivity index (χ4v) is 2.16. The first-order valence-electron chi connectivity index (χ1n) is 6.64. The van der Waals surface area contributed by atoms with Crippen molar-refractivity contribution in [1.29, 1.82) is 0 Å². The van der Waals surface area contributed by atoms with E-state index in [4.69, 9.17) is 0 Å². The highest BCUT2D eigenvalue weighted by Gasteiger charge is 2.14. The maximum atomic E-state index is 13.7. The molecule has 0 bridgehead atoms. The molecule has 102 valence electrons. The van der Waals surface area contributed by atoms with E-state index in [9.17, 15) is 4.39 Å². The summed E-state index contributed by atoms with van der Waals surface area (Å²) in [5.41, 5.74) is 1.81. The lowest BCUT2D eigenvalue weighted by atomic mass is 10.1. The second-order valence-corrected chi connectivity index (χ2v) is 4.76. The Bertz CT molecular complexity index is 536. The second kappa shape index (κ2) is 5.97. The maximum absolute atomic E-state index is 13.7. The molecular formula is C15H20FN3. The summed E-state index contributed by atoms with van der Waals surface area (Å²) in [6.07, 6.45) is 3.88. The number of nitrogens with one attached hydrogen (secondary N) is 1. The summed E-state index contributed by atoms with van der Waals surface area (Å²) in [5, 5.41) is 7.65. The SMILES string of the molecule is CCn1cc(C(C)N[C@H](C)c2ccccc2F)cn1. The molecule has 0 spiro atoms. The first-order valence-corrected chi connectivity index (χ1v) is 6.64. The molecule has 2 atom stereocenters. The molecule has 1 unspecified atom stereocenters. The van der Waals surface area contributed by atoms with Crippen LogP contribution in [-0.4, -0.2) is 9.78 Å². The van der Waals surface area contributed by atoms with Crippen LogP contribution in [-0.2, 0) is 6.54 Å². The lowest BCUT2D eigenvalue weighted by Crippen LogP contribution is -2.23. The molecule has 2 aromatic rings. The Morgan fingerprint density at radius 2 is 2.00 bits per heavy atom. The van der Waals surface area contributed by atoms with Crippen molar-refractivity contribution in [2.45, 2.75) is 39.4 Å². The highest BCUT2D eigenvalue weighted by Crippen LogP contribution is 2.21. The Kier molecular flexibility index (Phi) is 4.32. The molecule has 2 rings (SSSR count). The number of hydrogen-bond donors (Lipinski definition) is 1. The van der Waals surface area contributed by atoms with Gasteiger partial charge in [0, 0.05) is 36.0 Å². The molecule has 0 saturated heterocycles. The summed E-state index contributed by atoms with van der Waals surface area (Å²) < 4.78 is 15.6. The Hall–Kier alpha value is -1.68. The van der Waals surface area contributed by atoms with Crippen LogP contribution in [0.25, 0.3) is 0 Å². The van der Waals surface area contributed by atoms with Crippen molar-refractivity contribution < 1.29 is 4.39 Å². The van der Waals surface area contributed by atoms with Gasteiger partial charge in [0.1, 0.15) is 5.82 Å². The highest BCUT2D eigenvalue weighted by molar-refractivity contribution is 5.21. The third-order valence-electron chi connectivity index (χ3n) is 3.35. The molecule has 0 radical (unpaired) electrons. The van der Waals surface area contributed by atoms with Crippen LogP contribution in [0, 0.1) is 5.82 Å². The Morgan fingerprint density at radius 1 is 1.26 bits per heavy atom. The summed E-state index contributed by atoms with van der Waals surface area (Å²) in [6, 6.07) is 6.97. The van der Waals surface area contributed by atoms with Gasteiger partial charge in [0.2, 0.25) is 0 Å². The van der Waals surface area contributed by atoms with Gasteiger partial charge in [0.25, 0.3) is 0 Å². The zero-order chi connectivity index (χ0) is 13.8. The fourth-order valence-electron chi connectivity index (χ4n) is 2.16. The molecule has 0 aliphatic heterocycles. The van der Waals surface area contributed by atoms with E-state index >= 15 is 0 Å². The van der Waals surface area contributed by atoms with E-state index < -0.39 is 0 Å². The smallest absolute Gasteiger partial charge is 0.127 e. The predicted octanol–water partition coefficient (Wildman–Crippen LogP) is 3.45.